The van der Waals surface area contributed by atoms with Gasteiger partial charge in [-0.15, -0.1) is 21.5 Å². The van der Waals surface area contributed by atoms with E-state index in [0.717, 1.165) is 60.1 Å². The summed E-state index contributed by atoms with van der Waals surface area (Å²) in [6.07, 6.45) is 0.910. The van der Waals surface area contributed by atoms with Crippen molar-refractivity contribution in [2.75, 3.05) is 31.1 Å². The van der Waals surface area contributed by atoms with Gasteiger partial charge in [-0.2, -0.15) is 4.37 Å². The van der Waals surface area contributed by atoms with E-state index in [1.54, 1.807) is 11.3 Å². The van der Waals surface area contributed by atoms with Crippen molar-refractivity contribution in [1.29, 1.82) is 0 Å². The number of nitrogens with zero attached hydrogens (tertiary/aromatic N) is 6. The molecule has 0 bridgehead atoms. The van der Waals surface area contributed by atoms with Crippen molar-refractivity contribution in [3.63, 3.8) is 0 Å². The molecule has 0 atom stereocenters. The summed E-state index contributed by atoms with van der Waals surface area (Å²) in [5.74, 6) is 0.955. The van der Waals surface area contributed by atoms with Gasteiger partial charge in [0.1, 0.15) is 15.8 Å². The lowest BCUT2D eigenvalue weighted by molar-refractivity contribution is 0.249. The smallest absolute Gasteiger partial charge is 0.205 e. The first-order valence-electron chi connectivity index (χ1n) is 6.83. The Morgan fingerprint density at radius 3 is 2.55 bits per heavy atom. The molecular formula is C12H18N6S2. The van der Waals surface area contributed by atoms with Crippen LogP contribution in [-0.2, 0) is 13.0 Å². The van der Waals surface area contributed by atoms with Crippen molar-refractivity contribution in [2.24, 2.45) is 0 Å². The third-order valence-corrected chi connectivity index (χ3v) is 4.98. The van der Waals surface area contributed by atoms with Crippen molar-refractivity contribution in [3.05, 3.63) is 15.8 Å². The third kappa shape index (κ3) is 3.13. The average Bonchev–Trinajstić information content (AvgIpc) is 3.09. The Balaban J connectivity index is 1.54. The molecule has 1 saturated heterocycles. The van der Waals surface area contributed by atoms with E-state index >= 15 is 0 Å². The second-order valence-corrected chi connectivity index (χ2v) is 6.82. The summed E-state index contributed by atoms with van der Waals surface area (Å²) in [4.78, 5) is 9.32. The molecule has 1 aliphatic heterocycles. The highest BCUT2D eigenvalue weighted by Gasteiger charge is 2.20. The molecule has 0 N–H and O–H groups in total. The molecule has 3 rings (SSSR count). The lowest BCUT2D eigenvalue weighted by atomic mass is 10.3. The number of hydrogen-bond donors (Lipinski definition) is 0. The molecule has 20 heavy (non-hydrogen) atoms. The molecule has 2 aromatic rings. The van der Waals surface area contributed by atoms with E-state index in [4.69, 9.17) is 0 Å². The van der Waals surface area contributed by atoms with Crippen molar-refractivity contribution < 1.29 is 0 Å². The standard InChI is InChI=1S/C12H18N6S2/c1-3-10-13-12(20-16-10)18-6-4-17(5-7-18)8-11-15-14-9(2)19-11/h3-8H2,1-2H3. The number of piperazine rings is 1. The number of rotatable bonds is 4. The first-order chi connectivity index (χ1) is 9.74. The molecule has 0 aromatic carbocycles. The fourth-order valence-corrected chi connectivity index (χ4v) is 3.76. The molecular weight excluding hydrogens is 292 g/mol. The zero-order valence-electron chi connectivity index (χ0n) is 11.7. The van der Waals surface area contributed by atoms with Crippen LogP contribution in [0.25, 0.3) is 0 Å². The molecule has 0 aliphatic carbocycles. The number of aromatic nitrogens is 4. The molecule has 0 unspecified atom stereocenters. The van der Waals surface area contributed by atoms with E-state index in [2.05, 4.69) is 36.3 Å². The normalized spacial score (nSPS) is 16.8. The molecule has 1 aliphatic rings. The van der Waals surface area contributed by atoms with Crippen LogP contribution in [0.5, 0.6) is 0 Å². The minimum absolute atomic E-state index is 0.910. The van der Waals surface area contributed by atoms with Crippen LogP contribution in [-0.4, -0.2) is 50.6 Å². The van der Waals surface area contributed by atoms with Crippen molar-refractivity contribution in [2.45, 2.75) is 26.8 Å². The van der Waals surface area contributed by atoms with Crippen LogP contribution in [0.2, 0.25) is 0 Å². The molecule has 108 valence electrons. The van der Waals surface area contributed by atoms with Gasteiger partial charge in [0, 0.05) is 44.1 Å². The van der Waals surface area contributed by atoms with Crippen LogP contribution in [0.3, 0.4) is 0 Å². The van der Waals surface area contributed by atoms with E-state index in [1.807, 2.05) is 6.92 Å². The van der Waals surface area contributed by atoms with Gasteiger partial charge < -0.3 is 4.90 Å². The summed E-state index contributed by atoms with van der Waals surface area (Å²) < 4.78 is 4.36. The highest BCUT2D eigenvalue weighted by atomic mass is 32.1. The predicted molar refractivity (Wildman–Crippen MR) is 81.4 cm³/mol. The number of anilines is 1. The third-order valence-electron chi connectivity index (χ3n) is 3.34. The van der Waals surface area contributed by atoms with Gasteiger partial charge in [0.05, 0.1) is 6.54 Å². The molecule has 0 spiro atoms. The van der Waals surface area contributed by atoms with Gasteiger partial charge in [0.15, 0.2) is 0 Å². The van der Waals surface area contributed by atoms with E-state index < -0.39 is 0 Å². The molecule has 2 aromatic heterocycles. The van der Waals surface area contributed by atoms with Crippen molar-refractivity contribution in [1.82, 2.24) is 24.5 Å². The van der Waals surface area contributed by atoms with Crippen LogP contribution < -0.4 is 4.90 Å². The summed E-state index contributed by atoms with van der Waals surface area (Å²) in [6, 6.07) is 0. The summed E-state index contributed by atoms with van der Waals surface area (Å²) in [7, 11) is 0. The van der Waals surface area contributed by atoms with Crippen LogP contribution >= 0.6 is 22.9 Å². The highest BCUT2D eigenvalue weighted by molar-refractivity contribution is 7.11. The second kappa shape index (κ2) is 6.11. The molecule has 0 amide bonds. The molecule has 0 saturated carbocycles. The van der Waals surface area contributed by atoms with Crippen LogP contribution in [0.4, 0.5) is 5.13 Å². The Hall–Kier alpha value is -1.12. The molecule has 1 fully saturated rings. The van der Waals surface area contributed by atoms with Gasteiger partial charge in [0.25, 0.3) is 0 Å². The van der Waals surface area contributed by atoms with Gasteiger partial charge in [-0.25, -0.2) is 4.98 Å². The van der Waals surface area contributed by atoms with Crippen LogP contribution in [0.15, 0.2) is 0 Å². The molecule has 0 radical (unpaired) electrons. The summed E-state index contributed by atoms with van der Waals surface area (Å²) >= 11 is 3.20. The monoisotopic (exact) mass is 310 g/mol. The fraction of sp³-hybridized carbons (Fsp3) is 0.667. The highest BCUT2D eigenvalue weighted by Crippen LogP contribution is 2.20. The average molecular weight is 310 g/mol. The van der Waals surface area contributed by atoms with Crippen molar-refractivity contribution >= 4 is 28.0 Å². The maximum atomic E-state index is 4.56. The zero-order valence-corrected chi connectivity index (χ0v) is 13.4. The van der Waals surface area contributed by atoms with E-state index in [1.165, 1.54) is 11.5 Å². The predicted octanol–water partition coefficient (Wildman–Crippen LogP) is 1.58. The first kappa shape index (κ1) is 13.8. The largest absolute Gasteiger partial charge is 0.344 e. The Morgan fingerprint density at radius 2 is 1.95 bits per heavy atom. The van der Waals surface area contributed by atoms with Crippen molar-refractivity contribution in [3.8, 4) is 0 Å². The zero-order chi connectivity index (χ0) is 13.9. The Kier molecular flexibility index (Phi) is 4.23. The first-order valence-corrected chi connectivity index (χ1v) is 8.42. The van der Waals surface area contributed by atoms with Gasteiger partial charge >= 0.3 is 0 Å². The topological polar surface area (TPSA) is 58.0 Å². The van der Waals surface area contributed by atoms with E-state index in [0.29, 0.717) is 0 Å². The van der Waals surface area contributed by atoms with Crippen LogP contribution in [0, 0.1) is 6.92 Å². The Morgan fingerprint density at radius 1 is 1.15 bits per heavy atom. The molecule has 6 nitrogen and oxygen atoms in total. The maximum Gasteiger partial charge on any atom is 0.205 e. The van der Waals surface area contributed by atoms with Crippen LogP contribution in [0.1, 0.15) is 22.8 Å². The lowest BCUT2D eigenvalue weighted by Crippen LogP contribution is -2.45. The SMILES string of the molecule is CCc1nsc(N2CCN(Cc3nnc(C)s3)CC2)n1. The van der Waals surface area contributed by atoms with E-state index in [9.17, 15) is 0 Å². The maximum absolute atomic E-state index is 4.56. The second-order valence-electron chi connectivity index (χ2n) is 4.82. The molecule has 3 heterocycles. The number of hydrogen-bond acceptors (Lipinski definition) is 8. The fourth-order valence-electron chi connectivity index (χ4n) is 2.21. The van der Waals surface area contributed by atoms with Gasteiger partial charge in [0.2, 0.25) is 5.13 Å². The quantitative estimate of drug-likeness (QED) is 0.854. The van der Waals surface area contributed by atoms with Gasteiger partial charge in [-0.3, -0.25) is 4.90 Å². The Labute approximate surface area is 126 Å². The minimum Gasteiger partial charge on any atom is -0.344 e. The minimum atomic E-state index is 0.910. The Bertz CT molecular complexity index is 558. The summed E-state index contributed by atoms with van der Waals surface area (Å²) in [5, 5.41) is 11.5. The number of aryl methyl sites for hydroxylation is 2. The summed E-state index contributed by atoms with van der Waals surface area (Å²) in [6.45, 7) is 9.11. The van der Waals surface area contributed by atoms with E-state index in [-0.39, 0.29) is 0 Å². The molecule has 8 heteroatoms. The van der Waals surface area contributed by atoms with Gasteiger partial charge in [-0.05, 0) is 6.92 Å². The van der Waals surface area contributed by atoms with Gasteiger partial charge in [-0.1, -0.05) is 6.92 Å². The summed E-state index contributed by atoms with van der Waals surface area (Å²) in [5.41, 5.74) is 0. The lowest BCUT2D eigenvalue weighted by Gasteiger charge is -2.33.